The largest absolute Gasteiger partial charge is 0.368 e. The third-order valence-corrected chi connectivity index (χ3v) is 6.83. The number of aryl methyl sites for hydroxylation is 1. The highest BCUT2D eigenvalue weighted by Gasteiger charge is 2.21. The summed E-state index contributed by atoms with van der Waals surface area (Å²) in [6, 6.07) is 16.3. The van der Waals surface area contributed by atoms with Crippen molar-refractivity contribution in [2.75, 3.05) is 11.1 Å². The van der Waals surface area contributed by atoms with Crippen LogP contribution in [0.4, 0.5) is 11.8 Å². The predicted molar refractivity (Wildman–Crippen MR) is 139 cm³/mol. The monoisotopic (exact) mass is 488 g/mol. The molecule has 5 rings (SSSR count). The molecule has 1 unspecified atom stereocenters. The van der Waals surface area contributed by atoms with Crippen LogP contribution in [0.3, 0.4) is 0 Å². The van der Waals surface area contributed by atoms with Gasteiger partial charge >= 0.3 is 0 Å². The molecule has 0 saturated carbocycles. The molecule has 7 nitrogen and oxygen atoms in total. The minimum atomic E-state index is -0.398. The van der Waals surface area contributed by atoms with Crippen LogP contribution in [0.1, 0.15) is 24.4 Å². The van der Waals surface area contributed by atoms with Crippen LogP contribution in [0.2, 0.25) is 5.02 Å². The number of hydrogen-bond donors (Lipinski definition) is 2. The van der Waals surface area contributed by atoms with Crippen molar-refractivity contribution in [2.24, 2.45) is 0 Å². The number of nitrogens with two attached hydrogens (primary N) is 1. The standard InChI is InChI=1S/C25H21ClN6OS/c1-14-11-20(34-13-14)17-12-28-25(27)31-22(17)29-15(2)23-30-19-10-6-9-18(26)21(19)24(33)32(23)16-7-4-3-5-8-16/h3-13,15H,1-2H3,(H3,27,28,29,31). The van der Waals surface area contributed by atoms with Gasteiger partial charge in [-0.2, -0.15) is 4.98 Å². The van der Waals surface area contributed by atoms with Crippen LogP contribution in [-0.2, 0) is 0 Å². The molecule has 9 heteroatoms. The van der Waals surface area contributed by atoms with E-state index in [1.54, 1.807) is 40.3 Å². The Morgan fingerprint density at radius 3 is 2.65 bits per heavy atom. The minimum Gasteiger partial charge on any atom is -0.368 e. The molecule has 0 aliphatic rings. The van der Waals surface area contributed by atoms with E-state index in [1.807, 2.05) is 44.2 Å². The quantitative estimate of drug-likeness (QED) is 0.333. The summed E-state index contributed by atoms with van der Waals surface area (Å²) in [4.78, 5) is 28.1. The van der Waals surface area contributed by atoms with Gasteiger partial charge in [0.2, 0.25) is 5.95 Å². The third kappa shape index (κ3) is 4.02. The maximum Gasteiger partial charge on any atom is 0.267 e. The molecule has 2 aromatic carbocycles. The first-order valence-electron chi connectivity index (χ1n) is 10.6. The Morgan fingerprint density at radius 1 is 1.12 bits per heavy atom. The molecule has 3 heterocycles. The van der Waals surface area contributed by atoms with E-state index in [0.29, 0.717) is 33.3 Å². The van der Waals surface area contributed by atoms with Gasteiger partial charge in [0.1, 0.15) is 11.6 Å². The fourth-order valence-corrected chi connectivity index (χ4v) is 5.01. The highest BCUT2D eigenvalue weighted by Crippen LogP contribution is 2.33. The van der Waals surface area contributed by atoms with Gasteiger partial charge < -0.3 is 11.1 Å². The summed E-state index contributed by atoms with van der Waals surface area (Å²) in [7, 11) is 0. The number of nitrogens with zero attached hydrogens (tertiary/aromatic N) is 4. The smallest absolute Gasteiger partial charge is 0.267 e. The molecule has 0 radical (unpaired) electrons. The molecule has 0 bridgehead atoms. The van der Waals surface area contributed by atoms with E-state index in [1.165, 1.54) is 0 Å². The normalized spacial score (nSPS) is 12.1. The maximum absolute atomic E-state index is 13.6. The molecule has 3 N–H and O–H groups in total. The Bertz CT molecular complexity index is 1560. The van der Waals surface area contributed by atoms with Crippen LogP contribution in [0, 0.1) is 6.92 Å². The number of nitrogen functional groups attached to an aromatic ring is 1. The molecule has 1 atom stereocenters. The number of benzene rings is 2. The summed E-state index contributed by atoms with van der Waals surface area (Å²) in [6.45, 7) is 3.97. The Morgan fingerprint density at radius 2 is 1.91 bits per heavy atom. The van der Waals surface area contributed by atoms with Crippen molar-refractivity contribution in [3.63, 3.8) is 0 Å². The minimum absolute atomic E-state index is 0.158. The molecular weight excluding hydrogens is 468 g/mol. The molecule has 0 aliphatic carbocycles. The summed E-state index contributed by atoms with van der Waals surface area (Å²) in [5.74, 6) is 1.25. The van der Waals surface area contributed by atoms with Crippen LogP contribution in [0.5, 0.6) is 0 Å². The van der Waals surface area contributed by atoms with Gasteiger partial charge in [0, 0.05) is 11.1 Å². The topological polar surface area (TPSA) is 98.7 Å². The molecule has 0 aliphatic heterocycles. The van der Waals surface area contributed by atoms with Crippen molar-refractivity contribution < 1.29 is 0 Å². The van der Waals surface area contributed by atoms with Gasteiger partial charge in [-0.05, 0) is 55.1 Å². The van der Waals surface area contributed by atoms with E-state index in [9.17, 15) is 4.79 Å². The lowest BCUT2D eigenvalue weighted by Crippen LogP contribution is -2.27. The van der Waals surface area contributed by atoms with Crippen molar-refractivity contribution in [1.29, 1.82) is 0 Å². The fraction of sp³-hybridized carbons (Fsp3) is 0.120. The first-order valence-corrected chi connectivity index (χ1v) is 11.9. The van der Waals surface area contributed by atoms with Gasteiger partial charge in [-0.15, -0.1) is 11.3 Å². The Balaban J connectivity index is 1.67. The zero-order chi connectivity index (χ0) is 23.8. The van der Waals surface area contributed by atoms with Crippen LogP contribution in [-0.4, -0.2) is 19.5 Å². The Labute approximate surface area is 204 Å². The van der Waals surface area contributed by atoms with Crippen LogP contribution < -0.4 is 16.6 Å². The molecule has 5 aromatic rings. The number of halogens is 1. The van der Waals surface area contributed by atoms with Crippen LogP contribution >= 0.6 is 22.9 Å². The molecule has 3 aromatic heterocycles. The van der Waals surface area contributed by atoms with E-state index in [0.717, 1.165) is 16.0 Å². The second-order valence-electron chi connectivity index (χ2n) is 7.92. The van der Waals surface area contributed by atoms with Crippen molar-refractivity contribution in [3.8, 4) is 16.1 Å². The van der Waals surface area contributed by atoms with Crippen molar-refractivity contribution in [3.05, 3.63) is 92.9 Å². The van der Waals surface area contributed by atoms with Crippen molar-refractivity contribution in [1.82, 2.24) is 19.5 Å². The maximum atomic E-state index is 13.6. The number of hydrogen-bond acceptors (Lipinski definition) is 7. The lowest BCUT2D eigenvalue weighted by atomic mass is 10.2. The average molecular weight is 489 g/mol. The highest BCUT2D eigenvalue weighted by atomic mass is 35.5. The molecule has 0 amide bonds. The number of fused-ring (bicyclic) bond motifs is 1. The van der Waals surface area contributed by atoms with Gasteiger partial charge in [-0.1, -0.05) is 35.9 Å². The van der Waals surface area contributed by atoms with E-state index in [-0.39, 0.29) is 11.5 Å². The van der Waals surface area contributed by atoms with Gasteiger partial charge in [0.15, 0.2) is 0 Å². The average Bonchev–Trinajstić information content (AvgIpc) is 3.25. The summed E-state index contributed by atoms with van der Waals surface area (Å²) in [5, 5.41) is 6.23. The van der Waals surface area contributed by atoms with Crippen molar-refractivity contribution >= 4 is 45.6 Å². The van der Waals surface area contributed by atoms with Crippen molar-refractivity contribution in [2.45, 2.75) is 19.9 Å². The van der Waals surface area contributed by atoms with E-state index in [4.69, 9.17) is 22.3 Å². The first-order chi connectivity index (χ1) is 16.4. The zero-order valence-corrected chi connectivity index (χ0v) is 20.1. The second kappa shape index (κ2) is 8.89. The molecule has 170 valence electrons. The van der Waals surface area contributed by atoms with Crippen LogP contribution in [0.25, 0.3) is 27.0 Å². The molecule has 0 fully saturated rings. The summed E-state index contributed by atoms with van der Waals surface area (Å²) < 4.78 is 1.59. The zero-order valence-electron chi connectivity index (χ0n) is 18.5. The van der Waals surface area contributed by atoms with Gasteiger partial charge in [-0.3, -0.25) is 9.36 Å². The number of aromatic nitrogens is 4. The molecule has 0 spiro atoms. The molecular formula is C25H21ClN6OS. The number of thiophene rings is 1. The molecule has 0 saturated heterocycles. The number of para-hydroxylation sites is 1. The summed E-state index contributed by atoms with van der Waals surface area (Å²) >= 11 is 8.00. The third-order valence-electron chi connectivity index (χ3n) is 5.43. The van der Waals surface area contributed by atoms with E-state index >= 15 is 0 Å². The predicted octanol–water partition coefficient (Wildman–Crippen LogP) is 5.62. The first kappa shape index (κ1) is 22.1. The van der Waals surface area contributed by atoms with Gasteiger partial charge in [-0.25, -0.2) is 9.97 Å². The lowest BCUT2D eigenvalue weighted by molar-refractivity contribution is 0.731. The summed E-state index contributed by atoms with van der Waals surface area (Å²) in [5.41, 5.74) is 8.90. The summed E-state index contributed by atoms with van der Waals surface area (Å²) in [6.07, 6.45) is 1.71. The lowest BCUT2D eigenvalue weighted by Gasteiger charge is -2.21. The fourth-order valence-electron chi connectivity index (χ4n) is 3.85. The Kier molecular flexibility index (Phi) is 5.77. The van der Waals surface area contributed by atoms with Gasteiger partial charge in [0.05, 0.1) is 33.2 Å². The molecule has 34 heavy (non-hydrogen) atoms. The highest BCUT2D eigenvalue weighted by molar-refractivity contribution is 7.13. The Hall–Kier alpha value is -3.75. The van der Waals surface area contributed by atoms with E-state index in [2.05, 4.69) is 26.7 Å². The second-order valence-corrected chi connectivity index (χ2v) is 9.24. The van der Waals surface area contributed by atoms with E-state index < -0.39 is 6.04 Å². The van der Waals surface area contributed by atoms with Gasteiger partial charge in [0.25, 0.3) is 5.56 Å². The number of anilines is 2. The SMILES string of the molecule is Cc1csc(-c2cnc(N)nc2NC(C)c2nc3cccc(Cl)c3c(=O)n2-c2ccccc2)c1. The number of nitrogens with one attached hydrogen (secondary N) is 1. The van der Waals surface area contributed by atoms with Crippen LogP contribution in [0.15, 0.2) is 71.0 Å². The number of rotatable bonds is 5.